The summed E-state index contributed by atoms with van der Waals surface area (Å²) in [6.07, 6.45) is 2.30. The average molecular weight is 313 g/mol. The Bertz CT molecular complexity index is 406. The van der Waals surface area contributed by atoms with Crippen molar-refractivity contribution >= 4 is 22.0 Å². The molecule has 18 heavy (non-hydrogen) atoms. The summed E-state index contributed by atoms with van der Waals surface area (Å²) >= 11 is 3.40. The van der Waals surface area contributed by atoms with Crippen LogP contribution in [0.5, 0.6) is 0 Å². The molecule has 0 aliphatic carbocycles. The SMILES string of the molecule is O=C(NCc1cccc(Br)c1)NCC1CCCO1. The fourth-order valence-electron chi connectivity index (χ4n) is 1.90. The van der Waals surface area contributed by atoms with Crippen molar-refractivity contribution < 1.29 is 9.53 Å². The van der Waals surface area contributed by atoms with E-state index in [0.29, 0.717) is 13.1 Å². The maximum atomic E-state index is 11.6. The molecule has 1 unspecified atom stereocenters. The summed E-state index contributed by atoms with van der Waals surface area (Å²) in [6, 6.07) is 7.73. The molecular formula is C13H17BrN2O2. The molecule has 2 N–H and O–H groups in total. The molecule has 1 heterocycles. The number of hydrogen-bond acceptors (Lipinski definition) is 2. The predicted molar refractivity (Wildman–Crippen MR) is 73.4 cm³/mol. The summed E-state index contributed by atoms with van der Waals surface area (Å²) in [6.45, 7) is 1.92. The van der Waals surface area contributed by atoms with Gasteiger partial charge in [0, 0.05) is 24.2 Å². The Morgan fingerprint density at radius 1 is 1.44 bits per heavy atom. The van der Waals surface area contributed by atoms with Gasteiger partial charge >= 0.3 is 6.03 Å². The zero-order valence-corrected chi connectivity index (χ0v) is 11.7. The van der Waals surface area contributed by atoms with E-state index in [0.717, 1.165) is 29.5 Å². The van der Waals surface area contributed by atoms with Crippen LogP contribution in [0.1, 0.15) is 18.4 Å². The zero-order valence-electron chi connectivity index (χ0n) is 10.1. The molecule has 98 valence electrons. The number of nitrogens with one attached hydrogen (secondary N) is 2. The van der Waals surface area contributed by atoms with Crippen LogP contribution in [0.3, 0.4) is 0 Å². The van der Waals surface area contributed by atoms with E-state index in [1.807, 2.05) is 24.3 Å². The highest BCUT2D eigenvalue weighted by atomic mass is 79.9. The van der Waals surface area contributed by atoms with Crippen LogP contribution in [-0.4, -0.2) is 25.3 Å². The third kappa shape index (κ3) is 4.31. The van der Waals surface area contributed by atoms with E-state index in [4.69, 9.17) is 4.74 Å². The van der Waals surface area contributed by atoms with Crippen LogP contribution in [-0.2, 0) is 11.3 Å². The highest BCUT2D eigenvalue weighted by Crippen LogP contribution is 2.11. The third-order valence-corrected chi connectivity index (χ3v) is 3.35. The lowest BCUT2D eigenvalue weighted by Gasteiger charge is -2.11. The van der Waals surface area contributed by atoms with Crippen LogP contribution in [0.4, 0.5) is 4.79 Å². The number of ether oxygens (including phenoxy) is 1. The van der Waals surface area contributed by atoms with Crippen LogP contribution in [0.15, 0.2) is 28.7 Å². The number of benzene rings is 1. The minimum Gasteiger partial charge on any atom is -0.376 e. The summed E-state index contributed by atoms with van der Waals surface area (Å²) in [5.41, 5.74) is 1.07. The Morgan fingerprint density at radius 3 is 3.06 bits per heavy atom. The second-order valence-corrected chi connectivity index (χ2v) is 5.24. The Kier molecular flexibility index (Phi) is 5.01. The summed E-state index contributed by atoms with van der Waals surface area (Å²) in [5, 5.41) is 5.65. The molecule has 1 aliphatic rings. The van der Waals surface area contributed by atoms with Crippen molar-refractivity contribution in [2.24, 2.45) is 0 Å². The fraction of sp³-hybridized carbons (Fsp3) is 0.462. The van der Waals surface area contributed by atoms with Crippen LogP contribution >= 0.6 is 15.9 Å². The first-order valence-corrected chi connectivity index (χ1v) is 6.91. The van der Waals surface area contributed by atoms with Crippen molar-refractivity contribution in [1.82, 2.24) is 10.6 Å². The first kappa shape index (κ1) is 13.4. The van der Waals surface area contributed by atoms with Crippen molar-refractivity contribution in [3.05, 3.63) is 34.3 Å². The van der Waals surface area contributed by atoms with Gasteiger partial charge in [-0.15, -0.1) is 0 Å². The zero-order chi connectivity index (χ0) is 12.8. The van der Waals surface area contributed by atoms with Gasteiger partial charge in [0.15, 0.2) is 0 Å². The lowest BCUT2D eigenvalue weighted by atomic mass is 10.2. The smallest absolute Gasteiger partial charge is 0.315 e. The first-order valence-electron chi connectivity index (χ1n) is 6.12. The van der Waals surface area contributed by atoms with Gasteiger partial charge in [-0.2, -0.15) is 0 Å². The first-order chi connectivity index (χ1) is 8.74. The van der Waals surface area contributed by atoms with Crippen molar-refractivity contribution in [1.29, 1.82) is 0 Å². The molecule has 1 aromatic carbocycles. The highest BCUT2D eigenvalue weighted by Gasteiger charge is 2.15. The second kappa shape index (κ2) is 6.75. The molecule has 0 bridgehead atoms. The van der Waals surface area contributed by atoms with Crippen molar-refractivity contribution in [3.63, 3.8) is 0 Å². The molecule has 4 nitrogen and oxygen atoms in total. The van der Waals surface area contributed by atoms with Crippen molar-refractivity contribution in [3.8, 4) is 0 Å². The maximum Gasteiger partial charge on any atom is 0.315 e. The fourth-order valence-corrected chi connectivity index (χ4v) is 2.35. The molecule has 0 aromatic heterocycles. The van der Waals surface area contributed by atoms with Crippen LogP contribution in [0, 0.1) is 0 Å². The Labute approximate surface area is 115 Å². The molecule has 1 aromatic rings. The minimum absolute atomic E-state index is 0.148. The summed E-state index contributed by atoms with van der Waals surface area (Å²) in [5.74, 6) is 0. The van der Waals surface area contributed by atoms with E-state index in [1.54, 1.807) is 0 Å². The Hall–Kier alpha value is -1.07. The summed E-state index contributed by atoms with van der Waals surface area (Å²) < 4.78 is 6.45. The van der Waals surface area contributed by atoms with Crippen molar-refractivity contribution in [2.45, 2.75) is 25.5 Å². The third-order valence-electron chi connectivity index (χ3n) is 2.86. The average Bonchev–Trinajstić information content (AvgIpc) is 2.87. The molecule has 2 rings (SSSR count). The molecule has 1 saturated heterocycles. The van der Waals surface area contributed by atoms with E-state index in [-0.39, 0.29) is 12.1 Å². The molecular weight excluding hydrogens is 296 g/mol. The van der Waals surface area contributed by atoms with Gasteiger partial charge in [-0.1, -0.05) is 28.1 Å². The normalized spacial score (nSPS) is 18.6. The number of hydrogen-bond donors (Lipinski definition) is 2. The standard InChI is InChI=1S/C13H17BrN2O2/c14-11-4-1-3-10(7-11)8-15-13(17)16-9-12-5-2-6-18-12/h1,3-4,7,12H,2,5-6,8-9H2,(H2,15,16,17). The number of amides is 2. The Morgan fingerprint density at radius 2 is 2.33 bits per heavy atom. The molecule has 5 heteroatoms. The number of halogens is 1. The highest BCUT2D eigenvalue weighted by molar-refractivity contribution is 9.10. The minimum atomic E-state index is -0.148. The van der Waals surface area contributed by atoms with Gasteiger partial charge in [-0.25, -0.2) is 4.79 Å². The molecule has 1 aliphatic heterocycles. The number of rotatable bonds is 4. The van der Waals surface area contributed by atoms with Gasteiger partial charge in [0.2, 0.25) is 0 Å². The molecule has 1 fully saturated rings. The van der Waals surface area contributed by atoms with E-state index in [1.165, 1.54) is 0 Å². The molecule has 2 amide bonds. The van der Waals surface area contributed by atoms with Gasteiger partial charge in [-0.3, -0.25) is 0 Å². The van der Waals surface area contributed by atoms with Gasteiger partial charge in [0.25, 0.3) is 0 Å². The lowest BCUT2D eigenvalue weighted by molar-refractivity contribution is 0.111. The van der Waals surface area contributed by atoms with E-state index < -0.39 is 0 Å². The van der Waals surface area contributed by atoms with Gasteiger partial charge in [-0.05, 0) is 30.5 Å². The molecule has 0 radical (unpaired) electrons. The molecule has 1 atom stereocenters. The number of carbonyl (C=O) groups is 1. The number of urea groups is 1. The maximum absolute atomic E-state index is 11.6. The van der Waals surface area contributed by atoms with Gasteiger partial charge in [0.05, 0.1) is 6.10 Å². The van der Waals surface area contributed by atoms with Crippen molar-refractivity contribution in [2.75, 3.05) is 13.2 Å². The lowest BCUT2D eigenvalue weighted by Crippen LogP contribution is -2.39. The van der Waals surface area contributed by atoms with E-state index in [2.05, 4.69) is 26.6 Å². The van der Waals surface area contributed by atoms with E-state index in [9.17, 15) is 4.79 Å². The quantitative estimate of drug-likeness (QED) is 0.897. The topological polar surface area (TPSA) is 50.4 Å². The van der Waals surface area contributed by atoms with Gasteiger partial charge < -0.3 is 15.4 Å². The molecule has 0 saturated carbocycles. The summed E-state index contributed by atoms with van der Waals surface area (Å²) in [7, 11) is 0. The van der Waals surface area contributed by atoms with Gasteiger partial charge in [0.1, 0.15) is 0 Å². The largest absolute Gasteiger partial charge is 0.376 e. The molecule has 0 spiro atoms. The monoisotopic (exact) mass is 312 g/mol. The Balaban J connectivity index is 1.68. The van der Waals surface area contributed by atoms with E-state index >= 15 is 0 Å². The van der Waals surface area contributed by atoms with Crippen LogP contribution < -0.4 is 10.6 Å². The summed E-state index contributed by atoms with van der Waals surface area (Å²) in [4.78, 5) is 11.6. The second-order valence-electron chi connectivity index (χ2n) is 4.33. The van der Waals surface area contributed by atoms with Crippen LogP contribution in [0.2, 0.25) is 0 Å². The van der Waals surface area contributed by atoms with Crippen LogP contribution in [0.25, 0.3) is 0 Å². The number of carbonyl (C=O) groups excluding carboxylic acids is 1. The predicted octanol–water partition coefficient (Wildman–Crippen LogP) is 2.43.